The van der Waals surface area contributed by atoms with Gasteiger partial charge in [-0.25, -0.2) is 4.79 Å². The van der Waals surface area contributed by atoms with E-state index in [2.05, 4.69) is 58.9 Å². The van der Waals surface area contributed by atoms with Gasteiger partial charge in [-0.05, 0) is 48.6 Å². The topological polar surface area (TPSA) is 53.6 Å². The van der Waals surface area contributed by atoms with Gasteiger partial charge in [0.1, 0.15) is 0 Å². The highest BCUT2D eigenvalue weighted by atomic mass is 16.5. The molecule has 1 aliphatic heterocycles. The van der Waals surface area contributed by atoms with Gasteiger partial charge in [-0.2, -0.15) is 0 Å². The SMILES string of the molecule is CCc1ccc(C(C)NC(=O)Nc2ccc(CCN3CCOCC3)cc2)cc1. The molecule has 2 N–H and O–H groups in total. The first-order valence-electron chi connectivity index (χ1n) is 10.2. The monoisotopic (exact) mass is 381 g/mol. The molecule has 1 fully saturated rings. The van der Waals surface area contributed by atoms with Crippen molar-refractivity contribution in [3.8, 4) is 0 Å². The molecule has 5 heteroatoms. The fraction of sp³-hybridized carbons (Fsp3) is 0.435. The van der Waals surface area contributed by atoms with E-state index in [1.165, 1.54) is 11.1 Å². The normalized spacial score (nSPS) is 15.8. The summed E-state index contributed by atoms with van der Waals surface area (Å²) in [6.45, 7) is 8.87. The van der Waals surface area contributed by atoms with Crippen LogP contribution >= 0.6 is 0 Å². The van der Waals surface area contributed by atoms with Gasteiger partial charge in [-0.15, -0.1) is 0 Å². The Hall–Kier alpha value is -2.37. The molecule has 3 rings (SSSR count). The number of nitrogens with zero attached hydrogens (tertiary/aromatic N) is 1. The number of morpholine rings is 1. The van der Waals surface area contributed by atoms with Gasteiger partial charge in [0.05, 0.1) is 19.3 Å². The third kappa shape index (κ3) is 6.08. The number of amides is 2. The van der Waals surface area contributed by atoms with Crippen LogP contribution < -0.4 is 10.6 Å². The summed E-state index contributed by atoms with van der Waals surface area (Å²) in [7, 11) is 0. The highest BCUT2D eigenvalue weighted by molar-refractivity contribution is 5.89. The molecule has 0 bridgehead atoms. The maximum atomic E-state index is 12.3. The summed E-state index contributed by atoms with van der Waals surface area (Å²) < 4.78 is 5.38. The molecule has 1 atom stereocenters. The van der Waals surface area contributed by atoms with Gasteiger partial charge in [-0.3, -0.25) is 4.90 Å². The fourth-order valence-corrected chi connectivity index (χ4v) is 3.36. The van der Waals surface area contributed by atoms with Crippen LogP contribution in [0.15, 0.2) is 48.5 Å². The van der Waals surface area contributed by atoms with E-state index in [0.717, 1.165) is 56.9 Å². The van der Waals surface area contributed by atoms with E-state index in [4.69, 9.17) is 4.74 Å². The van der Waals surface area contributed by atoms with Crippen LogP contribution in [-0.4, -0.2) is 43.8 Å². The zero-order valence-electron chi connectivity index (χ0n) is 16.9. The molecule has 1 saturated heterocycles. The zero-order chi connectivity index (χ0) is 19.8. The second kappa shape index (κ2) is 10.2. The van der Waals surface area contributed by atoms with Gasteiger partial charge in [0.25, 0.3) is 0 Å². The van der Waals surface area contributed by atoms with Gasteiger partial charge in [0.15, 0.2) is 0 Å². The molecule has 0 radical (unpaired) electrons. The number of aryl methyl sites for hydroxylation is 1. The van der Waals surface area contributed by atoms with Gasteiger partial charge in [-0.1, -0.05) is 43.3 Å². The number of nitrogens with one attached hydrogen (secondary N) is 2. The van der Waals surface area contributed by atoms with Crippen LogP contribution in [0.2, 0.25) is 0 Å². The van der Waals surface area contributed by atoms with Gasteiger partial charge in [0, 0.05) is 25.3 Å². The molecular weight excluding hydrogens is 350 g/mol. The molecule has 2 aromatic rings. The van der Waals surface area contributed by atoms with Crippen molar-refractivity contribution in [3.63, 3.8) is 0 Å². The van der Waals surface area contributed by atoms with Crippen molar-refractivity contribution < 1.29 is 9.53 Å². The molecule has 2 amide bonds. The molecule has 1 heterocycles. The molecule has 5 nitrogen and oxygen atoms in total. The van der Waals surface area contributed by atoms with Crippen LogP contribution in [-0.2, 0) is 17.6 Å². The van der Waals surface area contributed by atoms with E-state index in [1.807, 2.05) is 19.1 Å². The molecule has 1 aliphatic rings. The number of carbonyl (C=O) groups is 1. The number of ether oxygens (including phenoxy) is 1. The Balaban J connectivity index is 1.45. The lowest BCUT2D eigenvalue weighted by molar-refractivity contribution is 0.0384. The van der Waals surface area contributed by atoms with E-state index >= 15 is 0 Å². The van der Waals surface area contributed by atoms with Crippen LogP contribution in [0, 0.1) is 0 Å². The van der Waals surface area contributed by atoms with Crippen LogP contribution in [0.5, 0.6) is 0 Å². The number of carbonyl (C=O) groups excluding carboxylic acids is 1. The summed E-state index contributed by atoms with van der Waals surface area (Å²) in [5.74, 6) is 0. The molecule has 2 aromatic carbocycles. The average Bonchev–Trinajstić information content (AvgIpc) is 2.74. The quantitative estimate of drug-likeness (QED) is 0.762. The lowest BCUT2D eigenvalue weighted by Crippen LogP contribution is -2.37. The molecule has 150 valence electrons. The Morgan fingerprint density at radius 3 is 2.32 bits per heavy atom. The van der Waals surface area contributed by atoms with Crippen LogP contribution in [0.4, 0.5) is 10.5 Å². The number of hydrogen-bond donors (Lipinski definition) is 2. The summed E-state index contributed by atoms with van der Waals surface area (Å²) in [6, 6.07) is 16.3. The second-order valence-corrected chi connectivity index (χ2v) is 7.32. The minimum Gasteiger partial charge on any atom is -0.379 e. The molecule has 0 saturated carbocycles. The minimum atomic E-state index is -0.187. The lowest BCUT2D eigenvalue weighted by Gasteiger charge is -2.26. The number of benzene rings is 2. The van der Waals surface area contributed by atoms with E-state index in [1.54, 1.807) is 0 Å². The molecule has 1 unspecified atom stereocenters. The minimum absolute atomic E-state index is 0.0429. The fourth-order valence-electron chi connectivity index (χ4n) is 3.36. The van der Waals surface area contributed by atoms with Crippen molar-refractivity contribution in [1.82, 2.24) is 10.2 Å². The molecule has 28 heavy (non-hydrogen) atoms. The predicted molar refractivity (Wildman–Crippen MR) is 114 cm³/mol. The van der Waals surface area contributed by atoms with E-state index in [9.17, 15) is 4.79 Å². The first-order chi connectivity index (χ1) is 13.6. The third-order valence-electron chi connectivity index (χ3n) is 5.27. The third-order valence-corrected chi connectivity index (χ3v) is 5.27. The van der Waals surface area contributed by atoms with Crippen LogP contribution in [0.1, 0.15) is 36.6 Å². The highest BCUT2D eigenvalue weighted by Gasteiger charge is 2.11. The van der Waals surface area contributed by atoms with Crippen molar-refractivity contribution >= 4 is 11.7 Å². The number of rotatable bonds is 7. The second-order valence-electron chi connectivity index (χ2n) is 7.32. The first-order valence-corrected chi connectivity index (χ1v) is 10.2. The first kappa shape index (κ1) is 20.4. The van der Waals surface area contributed by atoms with Crippen molar-refractivity contribution in [2.45, 2.75) is 32.7 Å². The van der Waals surface area contributed by atoms with E-state index < -0.39 is 0 Å². The predicted octanol–water partition coefficient (Wildman–Crippen LogP) is 4.01. The Labute approximate surface area is 168 Å². The van der Waals surface area contributed by atoms with Gasteiger partial charge < -0.3 is 15.4 Å². The van der Waals surface area contributed by atoms with Gasteiger partial charge >= 0.3 is 6.03 Å². The molecular formula is C23H31N3O2. The van der Waals surface area contributed by atoms with Crippen molar-refractivity contribution in [2.75, 3.05) is 38.2 Å². The average molecular weight is 382 g/mol. The Morgan fingerprint density at radius 1 is 1.04 bits per heavy atom. The Kier molecular flexibility index (Phi) is 7.46. The van der Waals surface area contributed by atoms with Crippen molar-refractivity contribution in [2.24, 2.45) is 0 Å². The zero-order valence-corrected chi connectivity index (χ0v) is 16.9. The van der Waals surface area contributed by atoms with E-state index in [-0.39, 0.29) is 12.1 Å². The summed E-state index contributed by atoms with van der Waals surface area (Å²) >= 11 is 0. The van der Waals surface area contributed by atoms with Crippen LogP contribution in [0.3, 0.4) is 0 Å². The summed E-state index contributed by atoms with van der Waals surface area (Å²) in [5, 5.41) is 5.92. The number of anilines is 1. The lowest BCUT2D eigenvalue weighted by atomic mass is 10.1. The van der Waals surface area contributed by atoms with Crippen molar-refractivity contribution in [1.29, 1.82) is 0 Å². The summed E-state index contributed by atoms with van der Waals surface area (Å²) in [4.78, 5) is 14.7. The number of urea groups is 1. The van der Waals surface area contributed by atoms with Crippen molar-refractivity contribution in [3.05, 3.63) is 65.2 Å². The Bertz CT molecular complexity index is 737. The molecule has 0 aromatic heterocycles. The van der Waals surface area contributed by atoms with E-state index in [0.29, 0.717) is 0 Å². The summed E-state index contributed by atoms with van der Waals surface area (Å²) in [6.07, 6.45) is 2.03. The maximum Gasteiger partial charge on any atom is 0.319 e. The standard InChI is InChI=1S/C23H31N3O2/c1-3-19-4-8-21(9-5-19)18(2)24-23(27)25-22-10-6-20(7-11-22)12-13-26-14-16-28-17-15-26/h4-11,18H,3,12-17H2,1-2H3,(H2,24,25,27). The number of hydrogen-bond acceptors (Lipinski definition) is 3. The van der Waals surface area contributed by atoms with Crippen LogP contribution in [0.25, 0.3) is 0 Å². The Morgan fingerprint density at radius 2 is 1.68 bits per heavy atom. The smallest absolute Gasteiger partial charge is 0.319 e. The highest BCUT2D eigenvalue weighted by Crippen LogP contribution is 2.15. The maximum absolute atomic E-state index is 12.3. The van der Waals surface area contributed by atoms with Gasteiger partial charge in [0.2, 0.25) is 0 Å². The largest absolute Gasteiger partial charge is 0.379 e. The molecule has 0 aliphatic carbocycles. The molecule has 0 spiro atoms. The summed E-state index contributed by atoms with van der Waals surface area (Å²) in [5.41, 5.74) is 4.49.